The van der Waals surface area contributed by atoms with Crippen LogP contribution in [0.3, 0.4) is 0 Å². The molecule has 1 aliphatic heterocycles. The molecule has 134 valence electrons. The number of esters is 1. The predicted molar refractivity (Wildman–Crippen MR) is 91.0 cm³/mol. The second-order valence-electron chi connectivity index (χ2n) is 5.64. The molecule has 2 aromatic rings. The molecule has 0 saturated carbocycles. The van der Waals surface area contributed by atoms with Gasteiger partial charge in [-0.25, -0.2) is 9.59 Å². The minimum Gasteiger partial charge on any atom is -0.466 e. The molecule has 1 aromatic carbocycles. The van der Waals surface area contributed by atoms with E-state index in [0.29, 0.717) is 11.3 Å². The number of benzene rings is 1. The first-order valence-electron chi connectivity index (χ1n) is 7.50. The van der Waals surface area contributed by atoms with Crippen molar-refractivity contribution in [3.63, 3.8) is 0 Å². The summed E-state index contributed by atoms with van der Waals surface area (Å²) < 4.78 is 4.81. The first kappa shape index (κ1) is 17.1. The molecule has 1 aliphatic rings. The number of aromatic nitrogens is 2. The highest BCUT2D eigenvalue weighted by Gasteiger charge is 2.36. The van der Waals surface area contributed by atoms with Gasteiger partial charge in [0.25, 0.3) is 11.2 Å². The van der Waals surface area contributed by atoms with Crippen molar-refractivity contribution in [1.29, 1.82) is 0 Å². The summed E-state index contributed by atoms with van der Waals surface area (Å²) in [5.74, 6) is -1.51. The van der Waals surface area contributed by atoms with Gasteiger partial charge in [0.1, 0.15) is 5.82 Å². The molecule has 0 aliphatic carbocycles. The number of fused-ring (bicyclic) bond motifs is 1. The Morgan fingerprint density at radius 2 is 2.00 bits per heavy atom. The summed E-state index contributed by atoms with van der Waals surface area (Å²) in [5.41, 5.74) is -0.712. The van der Waals surface area contributed by atoms with Crippen LogP contribution in [-0.4, -0.2) is 28.0 Å². The fourth-order valence-corrected chi connectivity index (χ4v) is 3.02. The highest BCUT2D eigenvalue weighted by atomic mass is 16.6. The quantitative estimate of drug-likeness (QED) is 0.421. The summed E-state index contributed by atoms with van der Waals surface area (Å²) in [5, 5.41) is 13.9. The number of nitro groups is 1. The number of H-pyrrole nitrogens is 2. The molecule has 10 nitrogen and oxygen atoms in total. The van der Waals surface area contributed by atoms with Gasteiger partial charge in [-0.1, -0.05) is 12.1 Å². The maximum atomic E-state index is 12.4. The zero-order chi connectivity index (χ0) is 19.0. The molecule has 0 radical (unpaired) electrons. The number of nitrogens with one attached hydrogen (secondary N) is 3. The lowest BCUT2D eigenvalue weighted by molar-refractivity contribution is -0.384. The zero-order valence-corrected chi connectivity index (χ0v) is 13.8. The van der Waals surface area contributed by atoms with Crippen molar-refractivity contribution < 1.29 is 14.5 Å². The molecule has 1 atom stereocenters. The lowest BCUT2D eigenvalue weighted by atomic mass is 9.82. The second kappa shape index (κ2) is 6.31. The third kappa shape index (κ3) is 2.77. The molecule has 0 fully saturated rings. The molecule has 26 heavy (non-hydrogen) atoms. The largest absolute Gasteiger partial charge is 0.466 e. The first-order chi connectivity index (χ1) is 12.3. The molecule has 3 rings (SSSR count). The van der Waals surface area contributed by atoms with Gasteiger partial charge in [-0.3, -0.25) is 24.9 Å². The average Bonchev–Trinajstić information content (AvgIpc) is 2.59. The van der Waals surface area contributed by atoms with Gasteiger partial charge in [-0.2, -0.15) is 0 Å². The van der Waals surface area contributed by atoms with Crippen LogP contribution < -0.4 is 16.6 Å². The predicted octanol–water partition coefficient (Wildman–Crippen LogP) is 0.976. The van der Waals surface area contributed by atoms with Crippen molar-refractivity contribution in [3.05, 3.63) is 77.6 Å². The molecule has 0 spiro atoms. The van der Waals surface area contributed by atoms with Gasteiger partial charge in [0.2, 0.25) is 0 Å². The Morgan fingerprint density at radius 3 is 2.65 bits per heavy atom. The number of anilines is 1. The monoisotopic (exact) mass is 358 g/mol. The van der Waals surface area contributed by atoms with E-state index in [1.807, 2.05) is 0 Å². The molecule has 10 heteroatoms. The summed E-state index contributed by atoms with van der Waals surface area (Å²) in [4.78, 5) is 51.4. The second-order valence-corrected chi connectivity index (χ2v) is 5.64. The average molecular weight is 358 g/mol. The Hall–Kier alpha value is -3.69. The Balaban J connectivity index is 2.33. The van der Waals surface area contributed by atoms with Crippen LogP contribution in [0.2, 0.25) is 0 Å². The Labute approximate surface area is 145 Å². The molecule has 3 N–H and O–H groups in total. The van der Waals surface area contributed by atoms with Crippen LogP contribution in [0.25, 0.3) is 0 Å². The summed E-state index contributed by atoms with van der Waals surface area (Å²) >= 11 is 0. The van der Waals surface area contributed by atoms with Crippen LogP contribution in [0.5, 0.6) is 0 Å². The number of aromatic amines is 2. The van der Waals surface area contributed by atoms with Crippen LogP contribution in [0.1, 0.15) is 24.0 Å². The number of non-ortho nitro benzene ring substituents is 1. The third-order valence-corrected chi connectivity index (χ3v) is 4.09. The van der Waals surface area contributed by atoms with Gasteiger partial charge in [-0.05, 0) is 12.5 Å². The summed E-state index contributed by atoms with van der Waals surface area (Å²) in [6, 6.07) is 5.60. The molecule has 0 saturated heterocycles. The summed E-state index contributed by atoms with van der Waals surface area (Å²) in [7, 11) is 1.19. The number of carbonyl (C=O) groups is 1. The number of hydrogen-bond donors (Lipinski definition) is 3. The maximum absolute atomic E-state index is 12.4. The van der Waals surface area contributed by atoms with Crippen molar-refractivity contribution in [2.75, 3.05) is 12.4 Å². The van der Waals surface area contributed by atoms with Crippen molar-refractivity contribution >= 4 is 17.5 Å². The summed E-state index contributed by atoms with van der Waals surface area (Å²) in [6.07, 6.45) is 0. The Bertz CT molecular complexity index is 1060. The van der Waals surface area contributed by atoms with E-state index < -0.39 is 28.1 Å². The van der Waals surface area contributed by atoms with Gasteiger partial charge >= 0.3 is 11.7 Å². The minimum absolute atomic E-state index is 0.0658. The zero-order valence-electron chi connectivity index (χ0n) is 13.8. The van der Waals surface area contributed by atoms with Crippen LogP contribution in [0.4, 0.5) is 11.5 Å². The number of nitrogens with zero attached hydrogens (tertiary/aromatic N) is 1. The van der Waals surface area contributed by atoms with E-state index in [0.717, 1.165) is 0 Å². The number of ether oxygens (including phenoxy) is 1. The van der Waals surface area contributed by atoms with E-state index >= 15 is 0 Å². The van der Waals surface area contributed by atoms with Crippen LogP contribution in [-0.2, 0) is 9.53 Å². The number of nitro benzene ring substituents is 1. The first-order valence-corrected chi connectivity index (χ1v) is 7.50. The van der Waals surface area contributed by atoms with E-state index in [1.165, 1.54) is 25.3 Å². The van der Waals surface area contributed by atoms with Gasteiger partial charge in [0, 0.05) is 17.8 Å². The fourth-order valence-electron chi connectivity index (χ4n) is 3.02. The molecular weight excluding hydrogens is 344 g/mol. The van der Waals surface area contributed by atoms with Crippen molar-refractivity contribution in [3.8, 4) is 0 Å². The van der Waals surface area contributed by atoms with Crippen LogP contribution in [0, 0.1) is 10.1 Å². The van der Waals surface area contributed by atoms with Gasteiger partial charge < -0.3 is 10.1 Å². The standard InChI is InChI=1S/C16H14N4O6/c1-7-10(15(22)26-2)11(8-4-3-5-9(6-8)20(24)25)12-13(17-7)18-16(23)19-14(12)21/h3-6,11H,1-2H3,(H3,17,18,19,21,23)/t11-/m0/s1. The van der Waals surface area contributed by atoms with Crippen molar-refractivity contribution in [1.82, 2.24) is 9.97 Å². The molecule has 0 bridgehead atoms. The van der Waals surface area contributed by atoms with Crippen molar-refractivity contribution in [2.24, 2.45) is 0 Å². The van der Waals surface area contributed by atoms with E-state index in [-0.39, 0.29) is 22.6 Å². The molecule has 0 unspecified atom stereocenters. The van der Waals surface area contributed by atoms with E-state index in [9.17, 15) is 24.5 Å². The topological polar surface area (TPSA) is 147 Å². The van der Waals surface area contributed by atoms with Crippen LogP contribution >= 0.6 is 0 Å². The lowest BCUT2D eigenvalue weighted by Gasteiger charge is -2.28. The number of rotatable bonds is 3. The minimum atomic E-state index is -0.945. The number of allylic oxidation sites excluding steroid dienone is 1. The summed E-state index contributed by atoms with van der Waals surface area (Å²) in [6.45, 7) is 1.58. The van der Waals surface area contributed by atoms with Crippen molar-refractivity contribution in [2.45, 2.75) is 12.8 Å². The smallest absolute Gasteiger partial charge is 0.336 e. The van der Waals surface area contributed by atoms with E-state index in [2.05, 4.69) is 15.3 Å². The number of methoxy groups -OCH3 is 1. The highest BCUT2D eigenvalue weighted by Crippen LogP contribution is 2.39. The third-order valence-electron chi connectivity index (χ3n) is 4.09. The number of hydrogen-bond acceptors (Lipinski definition) is 7. The normalized spacial score (nSPS) is 15.8. The van der Waals surface area contributed by atoms with Gasteiger partial charge in [0.05, 0.1) is 29.1 Å². The van der Waals surface area contributed by atoms with Gasteiger partial charge in [0.15, 0.2) is 0 Å². The number of carbonyl (C=O) groups excluding carboxylic acids is 1. The Kier molecular flexibility index (Phi) is 4.16. The Morgan fingerprint density at radius 1 is 1.27 bits per heavy atom. The van der Waals surface area contributed by atoms with Crippen LogP contribution in [0.15, 0.2) is 45.1 Å². The molecular formula is C16H14N4O6. The van der Waals surface area contributed by atoms with E-state index in [4.69, 9.17) is 4.74 Å². The van der Waals surface area contributed by atoms with Gasteiger partial charge in [-0.15, -0.1) is 0 Å². The molecule has 2 heterocycles. The fraction of sp³-hybridized carbons (Fsp3) is 0.188. The molecule has 0 amide bonds. The maximum Gasteiger partial charge on any atom is 0.336 e. The highest BCUT2D eigenvalue weighted by molar-refractivity contribution is 5.94. The van der Waals surface area contributed by atoms with E-state index in [1.54, 1.807) is 13.0 Å². The SMILES string of the molecule is COC(=O)C1=C(C)Nc2[nH]c(=O)[nH]c(=O)c2[C@H]1c1cccc([N+](=O)[O-])c1. The molecule has 1 aromatic heterocycles. The lowest BCUT2D eigenvalue weighted by Crippen LogP contribution is -2.34.